The van der Waals surface area contributed by atoms with E-state index < -0.39 is 5.82 Å². The number of nitrogens with zero attached hydrogens (tertiary/aromatic N) is 2. The van der Waals surface area contributed by atoms with Gasteiger partial charge in [0.05, 0.1) is 12.5 Å². The summed E-state index contributed by atoms with van der Waals surface area (Å²) in [7, 11) is 1.69. The minimum absolute atomic E-state index is 0.0505. The number of esters is 1. The molecule has 0 bridgehead atoms. The predicted molar refractivity (Wildman–Crippen MR) is 89.2 cm³/mol. The smallest absolute Gasteiger partial charge is 0.309 e. The van der Waals surface area contributed by atoms with Gasteiger partial charge in [-0.3, -0.25) is 9.79 Å². The lowest BCUT2D eigenvalue weighted by molar-refractivity contribution is -0.149. The van der Waals surface area contributed by atoms with Crippen molar-refractivity contribution in [2.24, 2.45) is 10.9 Å². The van der Waals surface area contributed by atoms with Crippen LogP contribution in [0.15, 0.2) is 23.2 Å². The summed E-state index contributed by atoms with van der Waals surface area (Å²) in [5.74, 6) is -0.459. The lowest BCUT2D eigenvalue weighted by Gasteiger charge is -2.33. The minimum atomic E-state index is -0.639. The largest absolute Gasteiger partial charge is 0.505 e. The van der Waals surface area contributed by atoms with E-state index in [-0.39, 0.29) is 17.6 Å². The normalized spacial score (nSPS) is 16.1. The number of halogens is 1. The SMILES string of the molecule is CCOC(=O)C1CCN(C(=NC)NCc2ccc(O)c(F)c2)CC1. The number of phenols is 1. The fourth-order valence-electron chi connectivity index (χ4n) is 2.76. The number of carbonyl (C=O) groups excluding carboxylic acids is 1. The molecule has 0 amide bonds. The van der Waals surface area contributed by atoms with Crippen molar-refractivity contribution in [1.29, 1.82) is 0 Å². The van der Waals surface area contributed by atoms with Crippen molar-refractivity contribution >= 4 is 11.9 Å². The number of hydrogen-bond acceptors (Lipinski definition) is 4. The average molecular weight is 337 g/mol. The standard InChI is InChI=1S/C17H24FN3O3/c1-3-24-16(23)13-6-8-21(9-7-13)17(19-2)20-11-12-4-5-15(22)14(18)10-12/h4-5,10,13,22H,3,6-9,11H2,1-2H3,(H,19,20). The molecule has 24 heavy (non-hydrogen) atoms. The molecule has 0 unspecified atom stereocenters. The highest BCUT2D eigenvalue weighted by molar-refractivity contribution is 5.80. The molecule has 0 aromatic heterocycles. The van der Waals surface area contributed by atoms with Crippen molar-refractivity contribution in [2.45, 2.75) is 26.3 Å². The molecule has 132 valence electrons. The monoisotopic (exact) mass is 337 g/mol. The summed E-state index contributed by atoms with van der Waals surface area (Å²) in [6, 6.07) is 4.29. The van der Waals surface area contributed by atoms with Gasteiger partial charge in [-0.2, -0.15) is 0 Å². The van der Waals surface area contributed by atoms with Crippen LogP contribution in [0.3, 0.4) is 0 Å². The first-order valence-electron chi connectivity index (χ1n) is 8.14. The second kappa shape index (κ2) is 8.52. The van der Waals surface area contributed by atoms with E-state index in [2.05, 4.69) is 15.2 Å². The van der Waals surface area contributed by atoms with Crippen LogP contribution in [-0.4, -0.2) is 48.7 Å². The first-order valence-corrected chi connectivity index (χ1v) is 8.14. The van der Waals surface area contributed by atoms with Crippen LogP contribution < -0.4 is 5.32 Å². The van der Waals surface area contributed by atoms with E-state index in [1.807, 2.05) is 6.92 Å². The quantitative estimate of drug-likeness (QED) is 0.498. The van der Waals surface area contributed by atoms with Crippen LogP contribution in [0.4, 0.5) is 4.39 Å². The van der Waals surface area contributed by atoms with Gasteiger partial charge in [-0.05, 0) is 37.5 Å². The number of hydrogen-bond donors (Lipinski definition) is 2. The van der Waals surface area contributed by atoms with Gasteiger partial charge in [0.1, 0.15) is 0 Å². The Morgan fingerprint density at radius 2 is 2.17 bits per heavy atom. The number of likely N-dealkylation sites (tertiary alicyclic amines) is 1. The molecule has 0 atom stereocenters. The molecule has 1 saturated heterocycles. The molecule has 2 N–H and O–H groups in total. The zero-order chi connectivity index (χ0) is 17.5. The Kier molecular flexibility index (Phi) is 6.40. The van der Waals surface area contributed by atoms with Crippen LogP contribution in [0, 0.1) is 11.7 Å². The highest BCUT2D eigenvalue weighted by atomic mass is 19.1. The maximum absolute atomic E-state index is 13.4. The van der Waals surface area contributed by atoms with E-state index in [4.69, 9.17) is 4.74 Å². The van der Waals surface area contributed by atoms with E-state index in [0.29, 0.717) is 37.8 Å². The summed E-state index contributed by atoms with van der Waals surface area (Å²) in [4.78, 5) is 18.1. The Balaban J connectivity index is 1.86. The summed E-state index contributed by atoms with van der Waals surface area (Å²) in [6.07, 6.45) is 1.46. The molecule has 0 radical (unpaired) electrons. The number of ether oxygens (including phenoxy) is 1. The van der Waals surface area contributed by atoms with Gasteiger partial charge >= 0.3 is 5.97 Å². The van der Waals surface area contributed by atoms with Crippen molar-refractivity contribution in [3.8, 4) is 5.75 Å². The van der Waals surface area contributed by atoms with Gasteiger partial charge in [-0.25, -0.2) is 4.39 Å². The minimum Gasteiger partial charge on any atom is -0.505 e. The number of carbonyl (C=O) groups is 1. The first-order chi connectivity index (χ1) is 11.5. The number of rotatable bonds is 4. The van der Waals surface area contributed by atoms with Crippen LogP contribution in [0.25, 0.3) is 0 Å². The van der Waals surface area contributed by atoms with Crippen molar-refractivity contribution in [3.05, 3.63) is 29.6 Å². The summed E-state index contributed by atoms with van der Waals surface area (Å²) >= 11 is 0. The van der Waals surface area contributed by atoms with Crippen LogP contribution in [0.2, 0.25) is 0 Å². The van der Waals surface area contributed by atoms with Gasteiger partial charge in [-0.1, -0.05) is 6.07 Å². The number of nitrogens with one attached hydrogen (secondary N) is 1. The fourth-order valence-corrected chi connectivity index (χ4v) is 2.76. The summed E-state index contributed by atoms with van der Waals surface area (Å²) in [6.45, 7) is 4.05. The third-order valence-electron chi connectivity index (χ3n) is 4.09. The van der Waals surface area contributed by atoms with E-state index >= 15 is 0 Å². The second-order valence-corrected chi connectivity index (χ2v) is 5.70. The number of guanidine groups is 1. The van der Waals surface area contributed by atoms with Crippen molar-refractivity contribution in [1.82, 2.24) is 10.2 Å². The summed E-state index contributed by atoms with van der Waals surface area (Å²) in [5, 5.41) is 12.4. The molecule has 0 aliphatic carbocycles. The maximum Gasteiger partial charge on any atom is 0.309 e. The van der Waals surface area contributed by atoms with Gasteiger partial charge in [0, 0.05) is 26.7 Å². The predicted octanol–water partition coefficient (Wildman–Crippen LogP) is 1.88. The van der Waals surface area contributed by atoms with E-state index in [1.54, 1.807) is 13.1 Å². The van der Waals surface area contributed by atoms with Crippen LogP contribution >= 0.6 is 0 Å². The Hall–Kier alpha value is -2.31. The topological polar surface area (TPSA) is 74.2 Å². The van der Waals surface area contributed by atoms with Crippen LogP contribution in [-0.2, 0) is 16.1 Å². The Labute approximate surface area is 141 Å². The lowest BCUT2D eigenvalue weighted by Crippen LogP contribution is -2.46. The number of benzene rings is 1. The molecule has 1 aliphatic heterocycles. The molecule has 1 fully saturated rings. The molecule has 1 aromatic carbocycles. The van der Waals surface area contributed by atoms with E-state index in [9.17, 15) is 14.3 Å². The van der Waals surface area contributed by atoms with Crippen molar-refractivity contribution in [3.63, 3.8) is 0 Å². The van der Waals surface area contributed by atoms with Crippen LogP contribution in [0.5, 0.6) is 5.75 Å². The molecular weight excluding hydrogens is 313 g/mol. The Bertz CT molecular complexity index is 599. The summed E-state index contributed by atoms with van der Waals surface area (Å²) < 4.78 is 18.4. The van der Waals surface area contributed by atoms with E-state index in [1.165, 1.54) is 12.1 Å². The van der Waals surface area contributed by atoms with Crippen LogP contribution in [0.1, 0.15) is 25.3 Å². The number of phenolic OH excluding ortho intramolecular Hbond substituents is 1. The zero-order valence-electron chi connectivity index (χ0n) is 14.1. The average Bonchev–Trinajstić information content (AvgIpc) is 2.59. The third kappa shape index (κ3) is 4.59. The molecule has 6 nitrogen and oxygen atoms in total. The maximum atomic E-state index is 13.4. The molecular formula is C17H24FN3O3. The van der Waals surface area contributed by atoms with Gasteiger partial charge in [0.25, 0.3) is 0 Å². The molecule has 7 heteroatoms. The molecule has 2 rings (SSSR count). The third-order valence-corrected chi connectivity index (χ3v) is 4.09. The van der Waals surface area contributed by atoms with Gasteiger partial charge in [-0.15, -0.1) is 0 Å². The summed E-state index contributed by atoms with van der Waals surface area (Å²) in [5.41, 5.74) is 0.716. The fraction of sp³-hybridized carbons (Fsp3) is 0.529. The van der Waals surface area contributed by atoms with Crippen molar-refractivity contribution < 1.29 is 19.0 Å². The first kappa shape index (κ1) is 18.0. The molecule has 1 aromatic rings. The highest BCUT2D eigenvalue weighted by Crippen LogP contribution is 2.19. The highest BCUT2D eigenvalue weighted by Gasteiger charge is 2.27. The second-order valence-electron chi connectivity index (χ2n) is 5.70. The Morgan fingerprint density at radius 3 is 2.75 bits per heavy atom. The zero-order valence-corrected chi connectivity index (χ0v) is 14.1. The molecule has 0 spiro atoms. The molecule has 1 heterocycles. The lowest BCUT2D eigenvalue weighted by atomic mass is 9.97. The number of piperidine rings is 1. The number of aromatic hydroxyl groups is 1. The van der Waals surface area contributed by atoms with E-state index in [0.717, 1.165) is 12.8 Å². The van der Waals surface area contributed by atoms with Crippen molar-refractivity contribution in [2.75, 3.05) is 26.7 Å². The number of aliphatic imine (C=N–C) groups is 1. The van der Waals surface area contributed by atoms with Gasteiger partial charge < -0.3 is 20.1 Å². The molecule has 1 aliphatic rings. The molecule has 0 saturated carbocycles. The Morgan fingerprint density at radius 1 is 1.46 bits per heavy atom. The van der Waals surface area contributed by atoms with Gasteiger partial charge in [0.15, 0.2) is 17.5 Å². The van der Waals surface area contributed by atoms with Gasteiger partial charge in [0.2, 0.25) is 0 Å².